The van der Waals surface area contributed by atoms with Gasteiger partial charge in [0.1, 0.15) is 4.88 Å². The minimum absolute atomic E-state index is 0.152. The van der Waals surface area contributed by atoms with Crippen LogP contribution in [0.2, 0.25) is 0 Å². The first-order valence-electron chi connectivity index (χ1n) is 8.12. The van der Waals surface area contributed by atoms with Crippen LogP contribution in [-0.4, -0.2) is 28.7 Å². The van der Waals surface area contributed by atoms with Crippen LogP contribution in [0.3, 0.4) is 0 Å². The predicted octanol–water partition coefficient (Wildman–Crippen LogP) is 3.39. The number of hydrogen-bond acceptors (Lipinski definition) is 6. The molecule has 24 heavy (non-hydrogen) atoms. The van der Waals surface area contributed by atoms with Crippen molar-refractivity contribution in [3.05, 3.63) is 34.3 Å². The molecular weight excluding hydrogens is 326 g/mol. The summed E-state index contributed by atoms with van der Waals surface area (Å²) in [4.78, 5) is 13.0. The highest BCUT2D eigenvalue weighted by molar-refractivity contribution is 7.08. The molecule has 0 aliphatic heterocycles. The van der Waals surface area contributed by atoms with Crippen molar-refractivity contribution in [1.29, 1.82) is 0 Å². The zero-order valence-electron chi connectivity index (χ0n) is 14.5. The second-order valence-electron chi connectivity index (χ2n) is 5.17. The van der Waals surface area contributed by atoms with E-state index in [9.17, 15) is 4.79 Å². The molecule has 2 aromatic rings. The molecule has 0 fully saturated rings. The molecule has 0 radical (unpaired) electrons. The first-order valence-corrected chi connectivity index (χ1v) is 8.89. The van der Waals surface area contributed by atoms with Crippen LogP contribution in [0.5, 0.6) is 11.5 Å². The fraction of sp³-hybridized carbons (Fsp3) is 0.471. The maximum absolute atomic E-state index is 12.4. The van der Waals surface area contributed by atoms with E-state index in [2.05, 4.69) is 14.9 Å². The molecule has 2 rings (SSSR count). The van der Waals surface area contributed by atoms with E-state index >= 15 is 0 Å². The van der Waals surface area contributed by atoms with Crippen LogP contribution in [0.4, 0.5) is 0 Å². The highest BCUT2D eigenvalue weighted by Crippen LogP contribution is 2.31. The van der Waals surface area contributed by atoms with E-state index in [1.807, 2.05) is 45.9 Å². The Morgan fingerprint density at radius 2 is 1.92 bits per heavy atom. The molecule has 1 aromatic heterocycles. The molecule has 0 saturated carbocycles. The van der Waals surface area contributed by atoms with Gasteiger partial charge in [-0.15, -0.1) is 5.10 Å². The number of nitrogens with one attached hydrogen (secondary N) is 1. The van der Waals surface area contributed by atoms with E-state index in [4.69, 9.17) is 9.47 Å². The predicted molar refractivity (Wildman–Crippen MR) is 93.9 cm³/mol. The Hall–Kier alpha value is -2.15. The largest absolute Gasteiger partial charge is 0.490 e. The Bertz CT molecular complexity index is 687. The lowest BCUT2D eigenvalue weighted by Crippen LogP contribution is -2.26. The number of aromatic nitrogens is 2. The lowest BCUT2D eigenvalue weighted by molar-refractivity contribution is 0.0943. The van der Waals surface area contributed by atoms with Crippen molar-refractivity contribution in [2.75, 3.05) is 13.2 Å². The molecule has 0 aliphatic rings. The molecule has 0 bridgehead atoms. The van der Waals surface area contributed by atoms with Crippen molar-refractivity contribution in [3.8, 4) is 11.5 Å². The number of benzene rings is 1. The van der Waals surface area contributed by atoms with Crippen LogP contribution in [-0.2, 0) is 6.42 Å². The maximum Gasteiger partial charge on any atom is 0.265 e. The van der Waals surface area contributed by atoms with Gasteiger partial charge in [0.25, 0.3) is 5.91 Å². The molecule has 1 atom stereocenters. The molecule has 0 unspecified atom stereocenters. The maximum atomic E-state index is 12.4. The second-order valence-corrected chi connectivity index (χ2v) is 5.92. The fourth-order valence-electron chi connectivity index (χ4n) is 2.29. The average Bonchev–Trinajstić information content (AvgIpc) is 3.05. The van der Waals surface area contributed by atoms with Gasteiger partial charge in [0.05, 0.1) is 24.9 Å². The molecule has 1 N–H and O–H groups in total. The number of nitrogens with zero attached hydrogens (tertiary/aromatic N) is 2. The number of ether oxygens (including phenoxy) is 2. The van der Waals surface area contributed by atoms with Gasteiger partial charge in [0.15, 0.2) is 11.5 Å². The standard InChI is InChI=1S/C17H23N3O3S/c1-5-13-16(24-20-19-13)17(21)18-11(4)12-8-9-14(22-6-2)15(10-12)23-7-3/h8-11H,5-7H2,1-4H3,(H,18,21)/t11-/m0/s1. The summed E-state index contributed by atoms with van der Waals surface area (Å²) in [6, 6.07) is 5.55. The summed E-state index contributed by atoms with van der Waals surface area (Å²) in [5, 5.41) is 6.97. The van der Waals surface area contributed by atoms with Crippen molar-refractivity contribution >= 4 is 17.4 Å². The number of carbonyl (C=O) groups is 1. The summed E-state index contributed by atoms with van der Waals surface area (Å²) in [7, 11) is 0. The highest BCUT2D eigenvalue weighted by Gasteiger charge is 2.18. The summed E-state index contributed by atoms with van der Waals surface area (Å²) in [6.45, 7) is 8.87. The number of carbonyl (C=O) groups excluding carboxylic acids is 1. The van der Waals surface area contributed by atoms with E-state index in [-0.39, 0.29) is 11.9 Å². The van der Waals surface area contributed by atoms with Gasteiger partial charge in [-0.25, -0.2) is 0 Å². The summed E-state index contributed by atoms with van der Waals surface area (Å²) in [5.74, 6) is 1.24. The molecule has 1 heterocycles. The zero-order chi connectivity index (χ0) is 17.5. The summed E-state index contributed by atoms with van der Waals surface area (Å²) < 4.78 is 15.1. The number of amides is 1. The van der Waals surface area contributed by atoms with Crippen molar-refractivity contribution in [2.24, 2.45) is 0 Å². The SMILES string of the molecule is CCOc1ccc([C@H](C)NC(=O)c2snnc2CC)cc1OCC. The number of aryl methyl sites for hydroxylation is 1. The lowest BCUT2D eigenvalue weighted by Gasteiger charge is -2.17. The van der Waals surface area contributed by atoms with Crippen molar-refractivity contribution in [1.82, 2.24) is 14.9 Å². The Balaban J connectivity index is 2.15. The third kappa shape index (κ3) is 4.23. The van der Waals surface area contributed by atoms with Gasteiger partial charge < -0.3 is 14.8 Å². The van der Waals surface area contributed by atoms with E-state index in [1.165, 1.54) is 0 Å². The van der Waals surface area contributed by atoms with Gasteiger partial charge in [-0.05, 0) is 56.4 Å². The molecular formula is C17H23N3O3S. The van der Waals surface area contributed by atoms with Gasteiger partial charge in [0, 0.05) is 0 Å². The van der Waals surface area contributed by atoms with Gasteiger partial charge in [-0.2, -0.15) is 0 Å². The smallest absolute Gasteiger partial charge is 0.265 e. The van der Waals surface area contributed by atoms with E-state index < -0.39 is 0 Å². The normalized spacial score (nSPS) is 11.8. The quantitative estimate of drug-likeness (QED) is 0.791. The van der Waals surface area contributed by atoms with Crippen LogP contribution < -0.4 is 14.8 Å². The van der Waals surface area contributed by atoms with E-state index in [0.717, 1.165) is 22.8 Å². The monoisotopic (exact) mass is 349 g/mol. The fourth-order valence-corrected chi connectivity index (χ4v) is 2.95. The van der Waals surface area contributed by atoms with Crippen molar-refractivity contribution in [2.45, 2.75) is 40.2 Å². The third-order valence-corrected chi connectivity index (χ3v) is 4.28. The third-order valence-electron chi connectivity index (χ3n) is 3.51. The number of rotatable bonds is 8. The number of hydrogen-bond donors (Lipinski definition) is 1. The lowest BCUT2D eigenvalue weighted by atomic mass is 10.1. The van der Waals surface area contributed by atoms with Crippen LogP contribution in [0.1, 0.15) is 54.7 Å². The van der Waals surface area contributed by atoms with Gasteiger partial charge in [-0.3, -0.25) is 4.79 Å². The molecule has 0 saturated heterocycles. The average molecular weight is 349 g/mol. The van der Waals surface area contributed by atoms with Crippen LogP contribution in [0.25, 0.3) is 0 Å². The molecule has 0 aliphatic carbocycles. The van der Waals surface area contributed by atoms with Crippen LogP contribution in [0, 0.1) is 0 Å². The minimum Gasteiger partial charge on any atom is -0.490 e. The Morgan fingerprint density at radius 3 is 2.58 bits per heavy atom. The first kappa shape index (κ1) is 18.2. The topological polar surface area (TPSA) is 73.3 Å². The van der Waals surface area contributed by atoms with Gasteiger partial charge in [0.2, 0.25) is 0 Å². The van der Waals surface area contributed by atoms with Crippen LogP contribution in [0.15, 0.2) is 18.2 Å². The van der Waals surface area contributed by atoms with Crippen LogP contribution >= 0.6 is 11.5 Å². The van der Waals surface area contributed by atoms with Gasteiger partial charge in [-0.1, -0.05) is 17.5 Å². The minimum atomic E-state index is -0.167. The van der Waals surface area contributed by atoms with Gasteiger partial charge >= 0.3 is 0 Å². The summed E-state index contributed by atoms with van der Waals surface area (Å²) >= 11 is 1.12. The van der Waals surface area contributed by atoms with E-state index in [0.29, 0.717) is 36.0 Å². The Labute approximate surface area is 146 Å². The molecule has 1 amide bonds. The first-order chi connectivity index (χ1) is 11.6. The summed E-state index contributed by atoms with van der Waals surface area (Å²) in [5.41, 5.74) is 1.68. The Kier molecular flexibility index (Phi) is 6.54. The Morgan fingerprint density at radius 1 is 1.21 bits per heavy atom. The summed E-state index contributed by atoms with van der Waals surface area (Å²) in [6.07, 6.45) is 0.686. The molecule has 0 spiro atoms. The van der Waals surface area contributed by atoms with Crippen molar-refractivity contribution < 1.29 is 14.3 Å². The van der Waals surface area contributed by atoms with E-state index in [1.54, 1.807) is 0 Å². The van der Waals surface area contributed by atoms with Crippen molar-refractivity contribution in [3.63, 3.8) is 0 Å². The molecule has 6 nitrogen and oxygen atoms in total. The molecule has 1 aromatic carbocycles. The zero-order valence-corrected chi connectivity index (χ0v) is 15.3. The molecule has 130 valence electrons. The second kappa shape index (κ2) is 8.63. The molecule has 7 heteroatoms. The highest BCUT2D eigenvalue weighted by atomic mass is 32.1.